The summed E-state index contributed by atoms with van der Waals surface area (Å²) in [5, 5.41) is 20.3. The lowest BCUT2D eigenvalue weighted by atomic mass is 10.1. The Labute approximate surface area is 117 Å². The topological polar surface area (TPSA) is 104 Å². The number of aliphatic carboxylic acids is 1. The lowest BCUT2D eigenvalue weighted by Crippen LogP contribution is -2.41. The van der Waals surface area contributed by atoms with E-state index in [9.17, 15) is 14.4 Å². The quantitative estimate of drug-likeness (QED) is 0.767. The van der Waals surface area contributed by atoms with Gasteiger partial charge >= 0.3 is 5.97 Å². The molecule has 6 nitrogen and oxygen atoms in total. The normalized spacial score (nSPS) is 10.8. The van der Waals surface area contributed by atoms with E-state index in [1.807, 2.05) is 0 Å². The molecule has 0 spiro atoms. The summed E-state index contributed by atoms with van der Waals surface area (Å²) in [5.74, 6) is -1.18. The predicted octanol–water partition coefficient (Wildman–Crippen LogP) is 1.12. The van der Waals surface area contributed by atoms with E-state index in [1.54, 1.807) is 12.1 Å². The number of carbonyl (C=O) groups is 3. The fraction of sp³-hybridized carbons (Fsp3) is 0.357. The molecular formula is C14H19NO5. The second-order valence-corrected chi connectivity index (χ2v) is 4.37. The number of benzene rings is 1. The van der Waals surface area contributed by atoms with E-state index >= 15 is 0 Å². The Morgan fingerprint density at radius 3 is 1.90 bits per heavy atom. The highest BCUT2D eigenvalue weighted by Gasteiger charge is 2.18. The Balaban J connectivity index is 0.000000796. The van der Waals surface area contributed by atoms with Crippen LogP contribution in [0.2, 0.25) is 0 Å². The number of phenols is 1. The fourth-order valence-electron chi connectivity index (χ4n) is 1.31. The standard InChI is InChI=1S/C11H13NO4.C3H6O/c1-7(13)12-10(11(15)16)6-8-2-4-9(14)5-3-8;1-3(2)4/h2-5,10,14H,6H2,1H3,(H,12,13)(H,15,16);1-2H3. The number of ketones is 1. The molecule has 0 aliphatic heterocycles. The minimum Gasteiger partial charge on any atom is -0.508 e. The van der Waals surface area contributed by atoms with Crippen molar-refractivity contribution >= 4 is 17.7 Å². The van der Waals surface area contributed by atoms with E-state index in [0.717, 1.165) is 5.56 Å². The molecule has 0 aromatic heterocycles. The molecule has 1 aromatic carbocycles. The molecule has 1 rings (SSSR count). The lowest BCUT2D eigenvalue weighted by Gasteiger charge is -2.13. The van der Waals surface area contributed by atoms with Gasteiger partial charge in [-0.15, -0.1) is 0 Å². The van der Waals surface area contributed by atoms with Gasteiger partial charge in [-0.25, -0.2) is 4.79 Å². The molecule has 0 aliphatic carbocycles. The summed E-state index contributed by atoms with van der Waals surface area (Å²) in [7, 11) is 0. The number of carboxylic acids is 1. The third kappa shape index (κ3) is 8.68. The number of hydrogen-bond acceptors (Lipinski definition) is 4. The van der Waals surface area contributed by atoms with Crippen LogP contribution in [0.3, 0.4) is 0 Å². The molecule has 0 fully saturated rings. The monoisotopic (exact) mass is 281 g/mol. The highest BCUT2D eigenvalue weighted by molar-refractivity contribution is 5.82. The van der Waals surface area contributed by atoms with Crippen molar-refractivity contribution in [2.45, 2.75) is 33.2 Å². The number of aromatic hydroxyl groups is 1. The fourth-order valence-corrected chi connectivity index (χ4v) is 1.31. The summed E-state index contributed by atoms with van der Waals surface area (Å²) in [6.45, 7) is 4.33. The SMILES string of the molecule is CC(=O)NC(Cc1ccc(O)cc1)C(=O)O.CC(C)=O. The van der Waals surface area contributed by atoms with Crippen molar-refractivity contribution in [3.8, 4) is 5.75 Å². The first kappa shape index (κ1) is 17.6. The van der Waals surface area contributed by atoms with Crippen LogP contribution in [-0.4, -0.2) is 33.9 Å². The van der Waals surface area contributed by atoms with Crippen LogP contribution in [0.1, 0.15) is 26.3 Å². The van der Waals surface area contributed by atoms with Crippen molar-refractivity contribution in [2.75, 3.05) is 0 Å². The molecule has 0 bridgehead atoms. The summed E-state index contributed by atoms with van der Waals surface area (Å²) >= 11 is 0. The number of Topliss-reactive ketones (excluding diaryl/α,β-unsaturated/α-hetero) is 1. The van der Waals surface area contributed by atoms with Gasteiger partial charge in [-0.1, -0.05) is 12.1 Å². The van der Waals surface area contributed by atoms with Crippen LogP contribution in [0, 0.1) is 0 Å². The van der Waals surface area contributed by atoms with Crippen molar-refractivity contribution in [1.29, 1.82) is 0 Å². The van der Waals surface area contributed by atoms with Gasteiger partial charge in [-0.05, 0) is 31.5 Å². The Hall–Kier alpha value is -2.37. The molecule has 6 heteroatoms. The Kier molecular flexibility index (Phi) is 7.65. The van der Waals surface area contributed by atoms with E-state index in [4.69, 9.17) is 10.2 Å². The summed E-state index contributed by atoms with van der Waals surface area (Å²) in [6, 6.07) is 5.24. The molecule has 1 amide bonds. The van der Waals surface area contributed by atoms with E-state index in [0.29, 0.717) is 0 Å². The molecule has 0 saturated heterocycles. The highest BCUT2D eigenvalue weighted by atomic mass is 16.4. The van der Waals surface area contributed by atoms with Crippen molar-refractivity contribution in [2.24, 2.45) is 0 Å². The third-order valence-corrected chi connectivity index (χ3v) is 2.05. The van der Waals surface area contributed by atoms with Gasteiger partial charge < -0.3 is 20.3 Å². The largest absolute Gasteiger partial charge is 0.508 e. The molecule has 0 saturated carbocycles. The Morgan fingerprint density at radius 2 is 1.55 bits per heavy atom. The zero-order valence-electron chi connectivity index (χ0n) is 11.7. The van der Waals surface area contributed by atoms with Crippen molar-refractivity contribution in [1.82, 2.24) is 5.32 Å². The van der Waals surface area contributed by atoms with Gasteiger partial charge in [0, 0.05) is 13.3 Å². The van der Waals surface area contributed by atoms with Crippen LogP contribution >= 0.6 is 0 Å². The maximum Gasteiger partial charge on any atom is 0.326 e. The summed E-state index contributed by atoms with van der Waals surface area (Å²) in [5.41, 5.74) is 0.735. The first-order valence-electron chi connectivity index (χ1n) is 5.97. The first-order chi connectivity index (χ1) is 9.22. The van der Waals surface area contributed by atoms with Crippen LogP contribution in [0.25, 0.3) is 0 Å². The minimum atomic E-state index is -1.08. The van der Waals surface area contributed by atoms with Crippen LogP contribution in [0.5, 0.6) is 5.75 Å². The molecule has 0 aliphatic rings. The van der Waals surface area contributed by atoms with Gasteiger partial charge in [0.1, 0.15) is 17.6 Å². The number of carboxylic acid groups (broad SMARTS) is 1. The van der Waals surface area contributed by atoms with E-state index in [-0.39, 0.29) is 23.9 Å². The first-order valence-corrected chi connectivity index (χ1v) is 5.97. The molecule has 1 atom stereocenters. The van der Waals surface area contributed by atoms with Crippen LogP contribution in [-0.2, 0) is 20.8 Å². The van der Waals surface area contributed by atoms with Gasteiger partial charge in [0.2, 0.25) is 5.91 Å². The van der Waals surface area contributed by atoms with Gasteiger partial charge in [-0.2, -0.15) is 0 Å². The molecule has 0 heterocycles. The van der Waals surface area contributed by atoms with Crippen molar-refractivity contribution in [3.05, 3.63) is 29.8 Å². The third-order valence-electron chi connectivity index (χ3n) is 2.05. The minimum absolute atomic E-state index is 0.121. The van der Waals surface area contributed by atoms with Crippen molar-refractivity contribution < 1.29 is 24.6 Å². The van der Waals surface area contributed by atoms with E-state index < -0.39 is 12.0 Å². The number of carbonyl (C=O) groups excluding carboxylic acids is 2. The summed E-state index contributed by atoms with van der Waals surface area (Å²) in [6.07, 6.45) is 0.190. The zero-order chi connectivity index (χ0) is 15.7. The van der Waals surface area contributed by atoms with Gasteiger partial charge in [0.15, 0.2) is 0 Å². The predicted molar refractivity (Wildman–Crippen MR) is 73.4 cm³/mol. The smallest absolute Gasteiger partial charge is 0.326 e. The maximum atomic E-state index is 10.8. The molecule has 1 unspecified atom stereocenters. The number of nitrogens with one attached hydrogen (secondary N) is 1. The molecule has 20 heavy (non-hydrogen) atoms. The second-order valence-electron chi connectivity index (χ2n) is 4.37. The highest BCUT2D eigenvalue weighted by Crippen LogP contribution is 2.11. The zero-order valence-corrected chi connectivity index (χ0v) is 11.7. The molecular weight excluding hydrogens is 262 g/mol. The second kappa shape index (κ2) is 8.68. The molecule has 3 N–H and O–H groups in total. The number of rotatable bonds is 4. The van der Waals surface area contributed by atoms with Crippen LogP contribution < -0.4 is 5.32 Å². The summed E-state index contributed by atoms with van der Waals surface area (Å²) in [4.78, 5) is 31.1. The number of phenolic OH excluding ortho intramolecular Hbond substituents is 1. The van der Waals surface area contributed by atoms with Crippen LogP contribution in [0.4, 0.5) is 0 Å². The Bertz CT molecular complexity index is 463. The van der Waals surface area contributed by atoms with Gasteiger partial charge in [-0.3, -0.25) is 4.79 Å². The molecule has 1 aromatic rings. The maximum absolute atomic E-state index is 10.8. The van der Waals surface area contributed by atoms with Gasteiger partial charge in [0.05, 0.1) is 0 Å². The summed E-state index contributed by atoms with van der Waals surface area (Å²) < 4.78 is 0. The number of hydrogen-bond donors (Lipinski definition) is 3. The van der Waals surface area contributed by atoms with E-state index in [1.165, 1.54) is 32.9 Å². The number of amides is 1. The van der Waals surface area contributed by atoms with Gasteiger partial charge in [0.25, 0.3) is 0 Å². The average molecular weight is 281 g/mol. The average Bonchev–Trinajstić information content (AvgIpc) is 2.29. The Morgan fingerprint density at radius 1 is 1.10 bits per heavy atom. The van der Waals surface area contributed by atoms with Crippen LogP contribution in [0.15, 0.2) is 24.3 Å². The lowest BCUT2D eigenvalue weighted by molar-refractivity contribution is -0.141. The van der Waals surface area contributed by atoms with Crippen molar-refractivity contribution in [3.63, 3.8) is 0 Å². The molecule has 0 radical (unpaired) electrons. The molecule has 110 valence electrons. The van der Waals surface area contributed by atoms with E-state index in [2.05, 4.69) is 5.32 Å².